The number of ether oxygens (including phenoxy) is 1. The maximum atomic E-state index is 12.8. The van der Waals surface area contributed by atoms with Gasteiger partial charge in [0.05, 0.1) is 6.10 Å². The van der Waals surface area contributed by atoms with Gasteiger partial charge in [0, 0.05) is 19.2 Å². The zero-order valence-electron chi connectivity index (χ0n) is 10.4. The van der Waals surface area contributed by atoms with Crippen LogP contribution in [0.25, 0.3) is 0 Å². The number of hydrogen-bond donors (Lipinski definition) is 3. The summed E-state index contributed by atoms with van der Waals surface area (Å²) in [5.41, 5.74) is 5.10. The predicted molar refractivity (Wildman–Crippen MR) is 61.8 cm³/mol. The van der Waals surface area contributed by atoms with Gasteiger partial charge >= 0.3 is 6.18 Å². The third-order valence-corrected chi connectivity index (χ3v) is 3.67. The first kappa shape index (κ1) is 14.4. The van der Waals surface area contributed by atoms with Crippen LogP contribution in [-0.4, -0.2) is 42.5 Å². The maximum absolute atomic E-state index is 12.8. The molecule has 5 nitrogen and oxygen atoms in total. The smallest absolute Gasteiger partial charge is 0.400 e. The Balaban J connectivity index is 1.91. The second-order valence-corrected chi connectivity index (χ2v) is 5.10. The minimum atomic E-state index is -4.53. The van der Waals surface area contributed by atoms with E-state index in [4.69, 9.17) is 15.7 Å². The van der Waals surface area contributed by atoms with Crippen LogP contribution in [0, 0.1) is 11.8 Å². The number of hydrogen-bond acceptors (Lipinski definition) is 4. The van der Waals surface area contributed by atoms with Gasteiger partial charge in [-0.15, -0.1) is 0 Å². The van der Waals surface area contributed by atoms with Gasteiger partial charge in [-0.2, -0.15) is 13.2 Å². The van der Waals surface area contributed by atoms with Crippen molar-refractivity contribution in [1.29, 1.82) is 0 Å². The number of rotatable bonds is 5. The average Bonchev–Trinajstić information content (AvgIpc) is 3.07. The van der Waals surface area contributed by atoms with Crippen LogP contribution in [0.1, 0.15) is 19.3 Å². The summed E-state index contributed by atoms with van der Waals surface area (Å²) in [7, 11) is 0. The first-order valence-corrected chi connectivity index (χ1v) is 6.32. The van der Waals surface area contributed by atoms with E-state index in [0.717, 1.165) is 12.8 Å². The molecular formula is C11H18F3N3O2. The summed E-state index contributed by atoms with van der Waals surface area (Å²) in [5.74, 6) is -2.33. The Kier molecular flexibility index (Phi) is 4.19. The zero-order valence-corrected chi connectivity index (χ0v) is 10.4. The molecule has 0 spiro atoms. The molecule has 2 fully saturated rings. The van der Waals surface area contributed by atoms with Crippen LogP contribution >= 0.6 is 0 Å². The first-order valence-electron chi connectivity index (χ1n) is 6.32. The van der Waals surface area contributed by atoms with Crippen molar-refractivity contribution in [1.82, 2.24) is 5.32 Å². The lowest BCUT2D eigenvalue weighted by Crippen LogP contribution is -2.47. The van der Waals surface area contributed by atoms with Gasteiger partial charge < -0.3 is 21.0 Å². The largest absolute Gasteiger partial charge is 0.409 e. The van der Waals surface area contributed by atoms with Gasteiger partial charge in [0.25, 0.3) is 0 Å². The molecule has 4 N–H and O–H groups in total. The van der Waals surface area contributed by atoms with Crippen molar-refractivity contribution in [2.75, 3.05) is 13.2 Å². The number of nitrogens with one attached hydrogen (secondary N) is 1. The van der Waals surface area contributed by atoms with Crippen molar-refractivity contribution in [3.8, 4) is 0 Å². The molecular weight excluding hydrogens is 263 g/mol. The van der Waals surface area contributed by atoms with Gasteiger partial charge in [-0.3, -0.25) is 0 Å². The Labute approximate surface area is 109 Å². The molecule has 0 radical (unpaired) electrons. The fourth-order valence-electron chi connectivity index (χ4n) is 2.45. The summed E-state index contributed by atoms with van der Waals surface area (Å²) in [4.78, 5) is 0. The lowest BCUT2D eigenvalue weighted by Gasteiger charge is -2.24. The lowest BCUT2D eigenvalue weighted by molar-refractivity contribution is -0.155. The normalized spacial score (nSPS) is 30.6. The molecule has 1 aliphatic carbocycles. The van der Waals surface area contributed by atoms with Gasteiger partial charge in [-0.25, -0.2) is 0 Å². The van der Waals surface area contributed by atoms with E-state index in [1.54, 1.807) is 0 Å². The highest BCUT2D eigenvalue weighted by atomic mass is 19.4. The molecule has 0 aromatic rings. The monoisotopic (exact) mass is 281 g/mol. The second kappa shape index (κ2) is 5.54. The van der Waals surface area contributed by atoms with Crippen molar-refractivity contribution in [2.45, 2.75) is 37.6 Å². The Morgan fingerprint density at radius 3 is 2.63 bits per heavy atom. The molecule has 0 aromatic carbocycles. The average molecular weight is 281 g/mol. The fourth-order valence-corrected chi connectivity index (χ4v) is 2.45. The number of nitrogens with zero attached hydrogens (tertiary/aromatic N) is 1. The van der Waals surface area contributed by atoms with Gasteiger partial charge in [0.2, 0.25) is 0 Å². The number of nitrogens with two attached hydrogens (primary N) is 1. The lowest BCUT2D eigenvalue weighted by atomic mass is 10.0. The van der Waals surface area contributed by atoms with Crippen LogP contribution in [0.5, 0.6) is 0 Å². The maximum Gasteiger partial charge on any atom is 0.400 e. The Hall–Kier alpha value is -1.02. The molecule has 110 valence electrons. The van der Waals surface area contributed by atoms with Crippen LogP contribution in [0.15, 0.2) is 5.16 Å². The Bertz CT molecular complexity index is 345. The summed E-state index contributed by atoms with van der Waals surface area (Å²) in [6.07, 6.45) is -1.68. The van der Waals surface area contributed by atoms with E-state index in [2.05, 4.69) is 10.5 Å². The summed E-state index contributed by atoms with van der Waals surface area (Å²) >= 11 is 0. The van der Waals surface area contributed by atoms with Gasteiger partial charge in [0.15, 0.2) is 5.84 Å². The standard InChI is InChI=1S/C11H18F3N3O2/c12-11(13,14)7(10(15)17-18)5-16-8-3-4-19-9(8)6-1-2-6/h6-9,16,18H,1-5H2,(H2,15,17). The number of amidine groups is 1. The zero-order chi connectivity index (χ0) is 14.0. The molecule has 19 heavy (non-hydrogen) atoms. The molecule has 0 bridgehead atoms. The summed E-state index contributed by atoms with van der Waals surface area (Å²) in [6.45, 7) is 0.176. The molecule has 3 unspecified atom stereocenters. The third kappa shape index (κ3) is 3.50. The SMILES string of the molecule is NC(=NO)C(CNC1CCOC1C1CC1)C(F)(F)F. The fraction of sp³-hybridized carbons (Fsp3) is 0.909. The van der Waals surface area contributed by atoms with Crippen molar-refractivity contribution in [3.63, 3.8) is 0 Å². The minimum Gasteiger partial charge on any atom is -0.409 e. The molecule has 2 rings (SSSR count). The molecule has 0 amide bonds. The van der Waals surface area contributed by atoms with E-state index in [9.17, 15) is 13.2 Å². The Morgan fingerprint density at radius 2 is 2.11 bits per heavy atom. The minimum absolute atomic E-state index is 0.00109. The highest BCUT2D eigenvalue weighted by molar-refractivity contribution is 5.83. The van der Waals surface area contributed by atoms with E-state index < -0.39 is 24.5 Å². The third-order valence-electron chi connectivity index (χ3n) is 3.67. The first-order chi connectivity index (χ1) is 8.93. The van der Waals surface area contributed by atoms with E-state index in [0.29, 0.717) is 18.9 Å². The van der Waals surface area contributed by atoms with Crippen LogP contribution in [-0.2, 0) is 4.74 Å². The highest BCUT2D eigenvalue weighted by Gasteiger charge is 2.45. The van der Waals surface area contributed by atoms with E-state index in [-0.39, 0.29) is 12.1 Å². The van der Waals surface area contributed by atoms with Crippen molar-refractivity contribution >= 4 is 5.84 Å². The van der Waals surface area contributed by atoms with Crippen LogP contribution < -0.4 is 11.1 Å². The Morgan fingerprint density at radius 1 is 1.42 bits per heavy atom. The summed E-state index contributed by atoms with van der Waals surface area (Å²) < 4.78 is 43.8. The summed E-state index contributed by atoms with van der Waals surface area (Å²) in [5, 5.41) is 13.7. The highest BCUT2D eigenvalue weighted by Crippen LogP contribution is 2.39. The molecule has 1 saturated carbocycles. The molecule has 1 saturated heterocycles. The van der Waals surface area contributed by atoms with Crippen LogP contribution in [0.4, 0.5) is 13.2 Å². The van der Waals surface area contributed by atoms with Gasteiger partial charge in [0.1, 0.15) is 5.92 Å². The quantitative estimate of drug-likeness (QED) is 0.305. The van der Waals surface area contributed by atoms with Crippen molar-refractivity contribution in [2.24, 2.45) is 22.7 Å². The molecule has 0 aromatic heterocycles. The van der Waals surface area contributed by atoms with E-state index in [1.807, 2.05) is 0 Å². The predicted octanol–water partition coefficient (Wildman–Crippen LogP) is 1.07. The molecule has 3 atom stereocenters. The van der Waals surface area contributed by atoms with Gasteiger partial charge in [-0.05, 0) is 25.2 Å². The second-order valence-electron chi connectivity index (χ2n) is 5.10. The molecule has 1 heterocycles. The van der Waals surface area contributed by atoms with Crippen molar-refractivity contribution in [3.05, 3.63) is 0 Å². The van der Waals surface area contributed by atoms with Crippen LogP contribution in [0.2, 0.25) is 0 Å². The number of oxime groups is 1. The van der Waals surface area contributed by atoms with Crippen LogP contribution in [0.3, 0.4) is 0 Å². The van der Waals surface area contributed by atoms with Crippen molar-refractivity contribution < 1.29 is 23.1 Å². The van der Waals surface area contributed by atoms with E-state index >= 15 is 0 Å². The van der Waals surface area contributed by atoms with E-state index in [1.165, 1.54) is 0 Å². The molecule has 2 aliphatic rings. The number of alkyl halides is 3. The summed E-state index contributed by atoms with van der Waals surface area (Å²) in [6, 6.07) is -0.0798. The molecule has 8 heteroatoms. The number of halogens is 3. The molecule has 1 aliphatic heterocycles. The van der Waals surface area contributed by atoms with Gasteiger partial charge in [-0.1, -0.05) is 5.16 Å². The topological polar surface area (TPSA) is 79.9 Å².